The fourth-order valence-electron chi connectivity index (χ4n) is 3.57. The van der Waals surface area contributed by atoms with Gasteiger partial charge in [0, 0.05) is 30.3 Å². The molecule has 6 nitrogen and oxygen atoms in total. The number of hydrogen-bond acceptors (Lipinski definition) is 3. The number of anilines is 2. The smallest absolute Gasteiger partial charge is 0.312 e. The fourth-order valence-corrected chi connectivity index (χ4v) is 3.57. The van der Waals surface area contributed by atoms with Gasteiger partial charge in [0.25, 0.3) is 5.91 Å². The summed E-state index contributed by atoms with van der Waals surface area (Å²) in [6.45, 7) is 2.27. The number of hydrogen-bond donors (Lipinski definition) is 1. The lowest BCUT2D eigenvalue weighted by Gasteiger charge is -2.16. The number of benzene rings is 2. The van der Waals surface area contributed by atoms with Crippen LogP contribution in [0, 0.1) is 6.92 Å². The lowest BCUT2D eigenvalue weighted by atomic mass is 10.1. The number of aromatic nitrogens is 2. The van der Waals surface area contributed by atoms with E-state index in [2.05, 4.69) is 10.4 Å². The average molecular weight is 428 g/mol. The number of aryl methyl sites for hydroxylation is 1. The highest BCUT2D eigenvalue weighted by atomic mass is 19.4. The van der Waals surface area contributed by atoms with Crippen LogP contribution in [-0.2, 0) is 11.0 Å². The third-order valence-electron chi connectivity index (χ3n) is 5.03. The summed E-state index contributed by atoms with van der Waals surface area (Å²) < 4.78 is 41.4. The summed E-state index contributed by atoms with van der Waals surface area (Å²) in [5, 5.41) is 6.77. The normalized spacial score (nSPS) is 14.2. The number of halogens is 3. The van der Waals surface area contributed by atoms with E-state index in [-0.39, 0.29) is 17.4 Å². The topological polar surface area (TPSA) is 67.2 Å². The molecule has 0 atom stereocenters. The van der Waals surface area contributed by atoms with Crippen molar-refractivity contribution in [2.45, 2.75) is 25.9 Å². The number of alkyl halides is 3. The van der Waals surface area contributed by atoms with Crippen molar-refractivity contribution in [3.63, 3.8) is 0 Å². The largest absolute Gasteiger partial charge is 0.418 e. The molecule has 1 fully saturated rings. The lowest BCUT2D eigenvalue weighted by Crippen LogP contribution is -2.23. The van der Waals surface area contributed by atoms with Crippen LogP contribution in [0.5, 0.6) is 0 Å². The Morgan fingerprint density at radius 2 is 1.81 bits per heavy atom. The van der Waals surface area contributed by atoms with Crippen LogP contribution in [0.2, 0.25) is 0 Å². The maximum Gasteiger partial charge on any atom is 0.418 e. The molecule has 1 aromatic heterocycles. The van der Waals surface area contributed by atoms with Gasteiger partial charge in [0.2, 0.25) is 5.91 Å². The van der Waals surface area contributed by atoms with Crippen molar-refractivity contribution in [3.8, 4) is 5.69 Å². The standard InChI is InChI=1S/C22H19F3N4O2/c1-14-13-19(29(27-14)18-6-3-2-5-17(18)22(23,24)25)26-21(31)15-8-10-16(11-9-15)28-12-4-7-20(28)30/h2-3,5-6,8-11,13H,4,7,12H2,1H3,(H,26,31). The molecule has 160 valence electrons. The van der Waals surface area contributed by atoms with Crippen LogP contribution < -0.4 is 10.2 Å². The first-order valence-electron chi connectivity index (χ1n) is 9.69. The number of para-hydroxylation sites is 1. The molecule has 3 aromatic rings. The van der Waals surface area contributed by atoms with E-state index in [0.29, 0.717) is 29.9 Å². The number of amides is 2. The predicted octanol–water partition coefficient (Wildman–Crippen LogP) is 4.58. The van der Waals surface area contributed by atoms with Gasteiger partial charge in [0.05, 0.1) is 16.9 Å². The van der Waals surface area contributed by atoms with Gasteiger partial charge >= 0.3 is 6.18 Å². The Kier molecular flexibility index (Phi) is 5.26. The number of nitrogens with one attached hydrogen (secondary N) is 1. The van der Waals surface area contributed by atoms with Gasteiger partial charge in [-0.1, -0.05) is 12.1 Å². The summed E-state index contributed by atoms with van der Waals surface area (Å²) in [6, 6.07) is 13.1. The van der Waals surface area contributed by atoms with Gasteiger partial charge < -0.3 is 10.2 Å². The highest BCUT2D eigenvalue weighted by Gasteiger charge is 2.34. The summed E-state index contributed by atoms with van der Waals surface area (Å²) in [4.78, 5) is 26.3. The maximum absolute atomic E-state index is 13.4. The molecule has 0 bridgehead atoms. The van der Waals surface area contributed by atoms with Crippen LogP contribution in [0.3, 0.4) is 0 Å². The van der Waals surface area contributed by atoms with Crippen LogP contribution >= 0.6 is 0 Å². The Morgan fingerprint density at radius 3 is 2.45 bits per heavy atom. The van der Waals surface area contributed by atoms with Crippen LogP contribution in [0.1, 0.15) is 34.5 Å². The van der Waals surface area contributed by atoms with Gasteiger partial charge in [-0.3, -0.25) is 9.59 Å². The summed E-state index contributed by atoms with van der Waals surface area (Å²) >= 11 is 0. The van der Waals surface area contributed by atoms with Crippen molar-refractivity contribution in [1.29, 1.82) is 0 Å². The highest BCUT2D eigenvalue weighted by molar-refractivity contribution is 6.04. The second kappa shape index (κ2) is 7.90. The van der Waals surface area contributed by atoms with Gasteiger partial charge in [-0.25, -0.2) is 4.68 Å². The average Bonchev–Trinajstić information content (AvgIpc) is 3.32. The zero-order valence-corrected chi connectivity index (χ0v) is 16.6. The van der Waals surface area contributed by atoms with Gasteiger partial charge in [-0.05, 0) is 49.7 Å². The van der Waals surface area contributed by atoms with E-state index in [0.717, 1.165) is 17.2 Å². The second-order valence-corrected chi connectivity index (χ2v) is 7.25. The molecule has 2 heterocycles. The Labute approximate surface area is 176 Å². The Balaban J connectivity index is 1.60. The molecule has 4 rings (SSSR count). The first-order chi connectivity index (χ1) is 14.7. The summed E-state index contributed by atoms with van der Waals surface area (Å²) in [6.07, 6.45) is -3.27. The number of rotatable bonds is 4. The van der Waals surface area contributed by atoms with Gasteiger partial charge in [-0.15, -0.1) is 0 Å². The molecule has 1 saturated heterocycles. The summed E-state index contributed by atoms with van der Waals surface area (Å²) in [5.41, 5.74) is 0.439. The minimum atomic E-state index is -4.57. The molecular formula is C22H19F3N4O2. The molecule has 2 amide bonds. The molecule has 0 unspecified atom stereocenters. The Morgan fingerprint density at radius 1 is 1.10 bits per heavy atom. The molecule has 0 aliphatic carbocycles. The van der Waals surface area contributed by atoms with Crippen LogP contribution in [0.25, 0.3) is 5.69 Å². The van der Waals surface area contributed by atoms with Gasteiger partial charge in [-0.2, -0.15) is 18.3 Å². The molecule has 1 aliphatic rings. The van der Waals surface area contributed by atoms with Crippen molar-refractivity contribution in [2.24, 2.45) is 0 Å². The molecule has 2 aromatic carbocycles. The number of nitrogens with zero attached hydrogens (tertiary/aromatic N) is 3. The van der Waals surface area contributed by atoms with E-state index >= 15 is 0 Å². The van der Waals surface area contributed by atoms with Gasteiger partial charge in [0.1, 0.15) is 5.82 Å². The van der Waals surface area contributed by atoms with E-state index in [1.54, 1.807) is 36.1 Å². The summed E-state index contributed by atoms with van der Waals surface area (Å²) in [7, 11) is 0. The summed E-state index contributed by atoms with van der Waals surface area (Å²) in [5.74, 6) is -0.331. The third kappa shape index (κ3) is 4.16. The quantitative estimate of drug-likeness (QED) is 0.662. The number of carbonyl (C=O) groups is 2. The lowest BCUT2D eigenvalue weighted by molar-refractivity contribution is -0.137. The zero-order chi connectivity index (χ0) is 22.2. The monoisotopic (exact) mass is 428 g/mol. The predicted molar refractivity (Wildman–Crippen MR) is 109 cm³/mol. The van der Waals surface area contributed by atoms with Crippen molar-refractivity contribution in [1.82, 2.24) is 9.78 Å². The third-order valence-corrected chi connectivity index (χ3v) is 5.03. The number of carbonyl (C=O) groups excluding carboxylic acids is 2. The molecule has 31 heavy (non-hydrogen) atoms. The van der Waals surface area contributed by atoms with E-state index in [4.69, 9.17) is 0 Å². The van der Waals surface area contributed by atoms with E-state index in [1.165, 1.54) is 24.3 Å². The van der Waals surface area contributed by atoms with Gasteiger partial charge in [0.15, 0.2) is 0 Å². The minimum Gasteiger partial charge on any atom is -0.312 e. The zero-order valence-electron chi connectivity index (χ0n) is 16.6. The van der Waals surface area contributed by atoms with E-state index in [1.807, 2.05) is 0 Å². The minimum absolute atomic E-state index is 0.0416. The molecule has 0 radical (unpaired) electrons. The molecule has 9 heteroatoms. The molecule has 1 N–H and O–H groups in total. The highest BCUT2D eigenvalue weighted by Crippen LogP contribution is 2.34. The van der Waals surface area contributed by atoms with Crippen molar-refractivity contribution in [2.75, 3.05) is 16.8 Å². The molecular weight excluding hydrogens is 409 g/mol. The van der Waals surface area contributed by atoms with Crippen LogP contribution in [0.4, 0.5) is 24.7 Å². The first-order valence-corrected chi connectivity index (χ1v) is 9.69. The van der Waals surface area contributed by atoms with Crippen LogP contribution in [-0.4, -0.2) is 28.1 Å². The molecule has 0 spiro atoms. The Bertz CT molecular complexity index is 1140. The second-order valence-electron chi connectivity index (χ2n) is 7.25. The first kappa shape index (κ1) is 20.6. The van der Waals surface area contributed by atoms with Crippen molar-refractivity contribution in [3.05, 3.63) is 71.4 Å². The SMILES string of the molecule is Cc1cc(NC(=O)c2ccc(N3CCCC3=O)cc2)n(-c2ccccc2C(F)(F)F)n1. The maximum atomic E-state index is 13.4. The molecule has 1 aliphatic heterocycles. The van der Waals surface area contributed by atoms with Crippen molar-refractivity contribution >= 4 is 23.3 Å². The molecule has 0 saturated carbocycles. The van der Waals surface area contributed by atoms with E-state index in [9.17, 15) is 22.8 Å². The van der Waals surface area contributed by atoms with Crippen molar-refractivity contribution < 1.29 is 22.8 Å². The van der Waals surface area contributed by atoms with Crippen LogP contribution in [0.15, 0.2) is 54.6 Å². The fraction of sp³-hybridized carbons (Fsp3) is 0.227. The van der Waals surface area contributed by atoms with E-state index < -0.39 is 17.6 Å². The Hall–Kier alpha value is -3.62.